The van der Waals surface area contributed by atoms with Crippen molar-refractivity contribution >= 4 is 5.91 Å². The van der Waals surface area contributed by atoms with E-state index in [1.54, 1.807) is 4.68 Å². The fraction of sp³-hybridized carbons (Fsp3) is 0.765. The number of ether oxygens (including phenoxy) is 1. The van der Waals surface area contributed by atoms with Gasteiger partial charge in [0, 0.05) is 32.1 Å². The molecule has 0 unspecified atom stereocenters. The van der Waals surface area contributed by atoms with Crippen LogP contribution in [0.25, 0.3) is 0 Å². The molecule has 4 rings (SSSR count). The van der Waals surface area contributed by atoms with Gasteiger partial charge in [0.1, 0.15) is 5.69 Å². The quantitative estimate of drug-likeness (QED) is 0.861. The molecular formula is C17H25N3O2. The smallest absolute Gasteiger partial charge is 0.272 e. The Hall–Kier alpha value is -1.36. The number of fused-ring (bicyclic) bond motifs is 1. The van der Waals surface area contributed by atoms with Crippen LogP contribution in [0, 0.1) is 11.8 Å². The Morgan fingerprint density at radius 3 is 2.68 bits per heavy atom. The first-order valence-corrected chi connectivity index (χ1v) is 8.53. The van der Waals surface area contributed by atoms with E-state index in [9.17, 15) is 4.79 Å². The summed E-state index contributed by atoms with van der Waals surface area (Å²) in [4.78, 5) is 14.9. The highest BCUT2D eigenvalue weighted by molar-refractivity contribution is 5.95. The summed E-state index contributed by atoms with van der Waals surface area (Å²) >= 11 is 0. The molecule has 5 nitrogen and oxygen atoms in total. The first kappa shape index (κ1) is 14.2. The highest BCUT2D eigenvalue weighted by atomic mass is 16.5. The summed E-state index contributed by atoms with van der Waals surface area (Å²) in [6.07, 6.45) is 5.02. The van der Waals surface area contributed by atoms with Gasteiger partial charge in [-0.05, 0) is 32.1 Å². The molecule has 3 aliphatic rings. The molecule has 1 aromatic heterocycles. The molecule has 1 amide bonds. The monoisotopic (exact) mass is 303 g/mol. The number of carbonyl (C=O) groups is 1. The van der Waals surface area contributed by atoms with Crippen LogP contribution in [0.1, 0.15) is 61.0 Å². The third-order valence-corrected chi connectivity index (χ3v) is 5.30. The lowest BCUT2D eigenvalue weighted by Crippen LogP contribution is -2.50. The van der Waals surface area contributed by atoms with Gasteiger partial charge >= 0.3 is 0 Å². The van der Waals surface area contributed by atoms with Gasteiger partial charge in [0.05, 0.1) is 17.9 Å². The van der Waals surface area contributed by atoms with E-state index in [0.29, 0.717) is 0 Å². The minimum atomic E-state index is -0.0227. The number of aromatic nitrogens is 2. The largest absolute Gasteiger partial charge is 0.369 e. The van der Waals surface area contributed by atoms with Crippen LogP contribution in [0.15, 0.2) is 0 Å². The SMILES string of the molecule is C[C@@H]1Cc2c(nn(C)c2C(=O)N2CC(CC3CC3)C2)[C@H](C)O1. The summed E-state index contributed by atoms with van der Waals surface area (Å²) in [5, 5.41) is 4.55. The Bertz CT molecular complexity index is 599. The number of likely N-dealkylation sites (tertiary alicyclic amines) is 1. The van der Waals surface area contributed by atoms with Gasteiger partial charge in [0.15, 0.2) is 0 Å². The molecule has 1 saturated carbocycles. The topological polar surface area (TPSA) is 47.4 Å². The van der Waals surface area contributed by atoms with Crippen LogP contribution >= 0.6 is 0 Å². The molecule has 2 aliphatic heterocycles. The third kappa shape index (κ3) is 2.35. The molecule has 3 heterocycles. The van der Waals surface area contributed by atoms with Crippen molar-refractivity contribution in [2.45, 2.75) is 51.7 Å². The molecule has 0 bridgehead atoms. The molecule has 0 radical (unpaired) electrons. The maximum absolute atomic E-state index is 12.9. The molecule has 0 spiro atoms. The molecule has 22 heavy (non-hydrogen) atoms. The van der Waals surface area contributed by atoms with Crippen LogP contribution in [0.3, 0.4) is 0 Å². The summed E-state index contributed by atoms with van der Waals surface area (Å²) in [6.45, 7) is 5.94. The van der Waals surface area contributed by atoms with E-state index >= 15 is 0 Å². The molecule has 2 atom stereocenters. The average molecular weight is 303 g/mol. The number of aryl methyl sites for hydroxylation is 1. The van der Waals surface area contributed by atoms with E-state index in [4.69, 9.17) is 4.74 Å². The van der Waals surface area contributed by atoms with E-state index in [1.165, 1.54) is 19.3 Å². The summed E-state index contributed by atoms with van der Waals surface area (Å²) in [5.74, 6) is 1.83. The fourth-order valence-electron chi connectivity index (χ4n) is 3.99. The second kappa shape index (κ2) is 5.08. The standard InChI is InChI=1S/C17H25N3O2/c1-10-6-14-15(11(2)22-10)18-19(3)16(14)17(21)20-8-13(9-20)7-12-4-5-12/h10-13H,4-9H2,1-3H3/t10-,11+/m1/s1. The van der Waals surface area contributed by atoms with Gasteiger partial charge in [0.25, 0.3) is 5.91 Å². The zero-order valence-electron chi connectivity index (χ0n) is 13.7. The van der Waals surface area contributed by atoms with Crippen LogP contribution in [0.4, 0.5) is 0 Å². The number of carbonyl (C=O) groups excluding carboxylic acids is 1. The van der Waals surface area contributed by atoms with Crippen LogP contribution < -0.4 is 0 Å². The molecule has 0 N–H and O–H groups in total. The third-order valence-electron chi connectivity index (χ3n) is 5.30. The van der Waals surface area contributed by atoms with Crippen LogP contribution in [-0.4, -0.2) is 39.8 Å². The Kier molecular flexibility index (Phi) is 3.29. The lowest BCUT2D eigenvalue weighted by atomic mass is 9.92. The Labute approximate surface area is 131 Å². The van der Waals surface area contributed by atoms with Crippen molar-refractivity contribution in [3.05, 3.63) is 17.0 Å². The van der Waals surface area contributed by atoms with E-state index in [-0.39, 0.29) is 18.1 Å². The maximum atomic E-state index is 12.9. The second-order valence-corrected chi connectivity index (χ2v) is 7.38. The molecule has 5 heteroatoms. The zero-order chi connectivity index (χ0) is 15.4. The van der Waals surface area contributed by atoms with Crippen molar-refractivity contribution in [3.8, 4) is 0 Å². The average Bonchev–Trinajstić information content (AvgIpc) is 3.15. The highest BCUT2D eigenvalue weighted by Crippen LogP contribution is 2.38. The first-order chi connectivity index (χ1) is 10.5. The van der Waals surface area contributed by atoms with Crippen molar-refractivity contribution in [2.24, 2.45) is 18.9 Å². The van der Waals surface area contributed by atoms with Crippen molar-refractivity contribution in [2.75, 3.05) is 13.1 Å². The maximum Gasteiger partial charge on any atom is 0.272 e. The van der Waals surface area contributed by atoms with Crippen molar-refractivity contribution in [1.82, 2.24) is 14.7 Å². The zero-order valence-corrected chi connectivity index (χ0v) is 13.7. The number of amides is 1. The van der Waals surface area contributed by atoms with Gasteiger partial charge in [0.2, 0.25) is 0 Å². The van der Waals surface area contributed by atoms with Gasteiger partial charge in [-0.1, -0.05) is 12.8 Å². The molecule has 0 aromatic carbocycles. The fourth-order valence-corrected chi connectivity index (χ4v) is 3.99. The molecule has 2 fully saturated rings. The number of hydrogen-bond donors (Lipinski definition) is 0. The van der Waals surface area contributed by atoms with Crippen LogP contribution in [0.5, 0.6) is 0 Å². The van der Waals surface area contributed by atoms with Crippen molar-refractivity contribution in [1.29, 1.82) is 0 Å². The lowest BCUT2D eigenvalue weighted by molar-refractivity contribution is -0.00721. The molecular weight excluding hydrogens is 278 g/mol. The minimum Gasteiger partial charge on any atom is -0.369 e. The second-order valence-electron chi connectivity index (χ2n) is 7.38. The van der Waals surface area contributed by atoms with E-state index < -0.39 is 0 Å². The molecule has 1 aromatic rings. The van der Waals surface area contributed by atoms with Crippen molar-refractivity contribution < 1.29 is 9.53 Å². The minimum absolute atomic E-state index is 0.0227. The van der Waals surface area contributed by atoms with Gasteiger partial charge < -0.3 is 9.64 Å². The van der Waals surface area contributed by atoms with Gasteiger partial charge in [-0.3, -0.25) is 9.48 Å². The summed E-state index contributed by atoms with van der Waals surface area (Å²) < 4.78 is 7.59. The number of nitrogens with zero attached hydrogens (tertiary/aromatic N) is 3. The van der Waals surface area contributed by atoms with Crippen LogP contribution in [0.2, 0.25) is 0 Å². The Balaban J connectivity index is 1.51. The normalized spacial score (nSPS) is 28.4. The van der Waals surface area contributed by atoms with Crippen molar-refractivity contribution in [3.63, 3.8) is 0 Å². The lowest BCUT2D eigenvalue weighted by Gasteiger charge is -2.39. The molecule has 1 aliphatic carbocycles. The first-order valence-electron chi connectivity index (χ1n) is 8.53. The van der Waals surface area contributed by atoms with Gasteiger partial charge in [-0.25, -0.2) is 0 Å². The van der Waals surface area contributed by atoms with Gasteiger partial charge in [-0.2, -0.15) is 5.10 Å². The van der Waals surface area contributed by atoms with E-state index in [0.717, 1.165) is 48.3 Å². The predicted molar refractivity (Wildman–Crippen MR) is 82.6 cm³/mol. The molecule has 1 saturated heterocycles. The summed E-state index contributed by atoms with van der Waals surface area (Å²) in [5.41, 5.74) is 2.82. The highest BCUT2D eigenvalue weighted by Gasteiger charge is 2.39. The number of rotatable bonds is 3. The Morgan fingerprint density at radius 2 is 2.00 bits per heavy atom. The van der Waals surface area contributed by atoms with E-state index in [2.05, 4.69) is 12.0 Å². The summed E-state index contributed by atoms with van der Waals surface area (Å²) in [6, 6.07) is 0. The van der Waals surface area contributed by atoms with E-state index in [1.807, 2.05) is 18.9 Å². The Morgan fingerprint density at radius 1 is 1.27 bits per heavy atom. The predicted octanol–water partition coefficient (Wildman–Crippen LogP) is 2.31. The van der Waals surface area contributed by atoms with Gasteiger partial charge in [-0.15, -0.1) is 0 Å². The van der Waals surface area contributed by atoms with Crippen LogP contribution in [-0.2, 0) is 18.2 Å². The number of hydrogen-bond acceptors (Lipinski definition) is 3. The summed E-state index contributed by atoms with van der Waals surface area (Å²) in [7, 11) is 1.88. The molecule has 120 valence electrons.